The Labute approximate surface area is 81.3 Å². The molecule has 1 rings (SSSR count). The van der Waals surface area contributed by atoms with Crippen molar-refractivity contribution in [2.45, 2.75) is 39.5 Å². The van der Waals surface area contributed by atoms with E-state index in [2.05, 4.69) is 11.8 Å². The summed E-state index contributed by atoms with van der Waals surface area (Å²) in [5.74, 6) is 1.28. The highest BCUT2D eigenvalue weighted by Crippen LogP contribution is 2.29. The summed E-state index contributed by atoms with van der Waals surface area (Å²) in [6, 6.07) is 0. The summed E-state index contributed by atoms with van der Waals surface area (Å²) in [6.07, 6.45) is 4.59. The SMILES string of the molecule is CCCN(CC(=O)CC)CC1CC1. The highest BCUT2D eigenvalue weighted by molar-refractivity contribution is 5.80. The monoisotopic (exact) mass is 183 g/mol. The van der Waals surface area contributed by atoms with Gasteiger partial charge in [0.05, 0.1) is 6.54 Å². The molecule has 2 heteroatoms. The van der Waals surface area contributed by atoms with E-state index >= 15 is 0 Å². The molecule has 2 nitrogen and oxygen atoms in total. The summed E-state index contributed by atoms with van der Waals surface area (Å²) in [7, 11) is 0. The molecule has 0 heterocycles. The van der Waals surface area contributed by atoms with Crippen molar-refractivity contribution in [3.8, 4) is 0 Å². The van der Waals surface area contributed by atoms with Gasteiger partial charge in [0.25, 0.3) is 0 Å². The molecule has 1 saturated carbocycles. The molecule has 76 valence electrons. The summed E-state index contributed by atoms with van der Waals surface area (Å²) in [6.45, 7) is 7.04. The molecule has 0 bridgehead atoms. The first-order valence-corrected chi connectivity index (χ1v) is 5.50. The first-order valence-electron chi connectivity index (χ1n) is 5.50. The van der Waals surface area contributed by atoms with E-state index in [9.17, 15) is 4.79 Å². The van der Waals surface area contributed by atoms with Crippen LogP contribution in [0.4, 0.5) is 0 Å². The summed E-state index contributed by atoms with van der Waals surface area (Å²) in [5, 5.41) is 0. The number of Topliss-reactive ketones (excluding diaryl/α,β-unsaturated/α-hetero) is 1. The van der Waals surface area contributed by atoms with E-state index in [4.69, 9.17) is 0 Å². The van der Waals surface area contributed by atoms with Crippen molar-refractivity contribution in [2.24, 2.45) is 5.92 Å². The van der Waals surface area contributed by atoms with Gasteiger partial charge in [-0.3, -0.25) is 9.69 Å². The molecule has 0 radical (unpaired) electrons. The van der Waals surface area contributed by atoms with E-state index in [-0.39, 0.29) is 0 Å². The summed E-state index contributed by atoms with van der Waals surface area (Å²) in [5.41, 5.74) is 0. The van der Waals surface area contributed by atoms with Gasteiger partial charge in [-0.25, -0.2) is 0 Å². The largest absolute Gasteiger partial charge is 0.298 e. The third-order valence-electron chi connectivity index (χ3n) is 2.55. The summed E-state index contributed by atoms with van der Waals surface area (Å²) < 4.78 is 0. The van der Waals surface area contributed by atoms with Crippen LogP contribution in [0.2, 0.25) is 0 Å². The number of nitrogens with zero attached hydrogens (tertiary/aromatic N) is 1. The van der Waals surface area contributed by atoms with Crippen LogP contribution < -0.4 is 0 Å². The molecule has 0 aromatic rings. The first kappa shape index (κ1) is 10.7. The Morgan fingerprint density at radius 1 is 1.38 bits per heavy atom. The van der Waals surface area contributed by atoms with E-state index in [1.807, 2.05) is 6.92 Å². The molecule has 0 aromatic heterocycles. The second kappa shape index (κ2) is 5.38. The molecular formula is C11H21NO. The van der Waals surface area contributed by atoms with Crippen molar-refractivity contribution >= 4 is 5.78 Å². The van der Waals surface area contributed by atoms with Crippen LogP contribution >= 0.6 is 0 Å². The van der Waals surface area contributed by atoms with E-state index in [0.29, 0.717) is 18.7 Å². The van der Waals surface area contributed by atoms with Gasteiger partial charge in [-0.2, -0.15) is 0 Å². The Balaban J connectivity index is 2.22. The average molecular weight is 183 g/mol. The van der Waals surface area contributed by atoms with Crippen LogP contribution in [0.25, 0.3) is 0 Å². The summed E-state index contributed by atoms with van der Waals surface area (Å²) >= 11 is 0. The molecule has 13 heavy (non-hydrogen) atoms. The van der Waals surface area contributed by atoms with Crippen molar-refractivity contribution in [2.75, 3.05) is 19.6 Å². The number of hydrogen-bond donors (Lipinski definition) is 0. The predicted molar refractivity (Wildman–Crippen MR) is 54.8 cm³/mol. The number of hydrogen-bond acceptors (Lipinski definition) is 2. The van der Waals surface area contributed by atoms with Crippen molar-refractivity contribution < 1.29 is 4.79 Å². The number of carbonyl (C=O) groups is 1. The van der Waals surface area contributed by atoms with Crippen LogP contribution in [0.15, 0.2) is 0 Å². The minimum absolute atomic E-state index is 0.383. The van der Waals surface area contributed by atoms with Crippen molar-refractivity contribution in [3.05, 3.63) is 0 Å². The fourth-order valence-corrected chi connectivity index (χ4v) is 1.58. The molecule has 0 atom stereocenters. The van der Waals surface area contributed by atoms with Gasteiger partial charge < -0.3 is 0 Å². The van der Waals surface area contributed by atoms with Crippen molar-refractivity contribution in [1.29, 1.82) is 0 Å². The summed E-state index contributed by atoms with van der Waals surface area (Å²) in [4.78, 5) is 13.6. The minimum Gasteiger partial charge on any atom is -0.298 e. The Kier molecular flexibility index (Phi) is 4.43. The Morgan fingerprint density at radius 3 is 2.54 bits per heavy atom. The zero-order valence-electron chi connectivity index (χ0n) is 8.88. The Bertz CT molecular complexity index is 163. The van der Waals surface area contributed by atoms with Gasteiger partial charge in [0, 0.05) is 13.0 Å². The third-order valence-corrected chi connectivity index (χ3v) is 2.55. The molecule has 1 fully saturated rings. The van der Waals surface area contributed by atoms with Crippen molar-refractivity contribution in [1.82, 2.24) is 4.90 Å². The van der Waals surface area contributed by atoms with Gasteiger partial charge in [0.15, 0.2) is 0 Å². The van der Waals surface area contributed by atoms with E-state index in [1.165, 1.54) is 12.8 Å². The lowest BCUT2D eigenvalue weighted by molar-refractivity contribution is -0.119. The fourth-order valence-electron chi connectivity index (χ4n) is 1.58. The lowest BCUT2D eigenvalue weighted by Crippen LogP contribution is -2.32. The molecule has 1 aliphatic carbocycles. The maximum Gasteiger partial charge on any atom is 0.146 e. The van der Waals surface area contributed by atoms with Gasteiger partial charge in [-0.05, 0) is 31.7 Å². The number of rotatable bonds is 7. The number of carbonyl (C=O) groups excluding carboxylic acids is 1. The van der Waals surface area contributed by atoms with Crippen molar-refractivity contribution in [3.63, 3.8) is 0 Å². The van der Waals surface area contributed by atoms with Crippen LogP contribution in [0.1, 0.15) is 39.5 Å². The minimum atomic E-state index is 0.383. The van der Waals surface area contributed by atoms with Gasteiger partial charge >= 0.3 is 0 Å². The van der Waals surface area contributed by atoms with Crippen LogP contribution in [-0.2, 0) is 4.79 Å². The normalized spacial score (nSPS) is 16.5. The second-order valence-corrected chi connectivity index (χ2v) is 4.07. The van der Waals surface area contributed by atoms with Gasteiger partial charge in [0.2, 0.25) is 0 Å². The third kappa shape index (κ3) is 4.41. The van der Waals surface area contributed by atoms with Gasteiger partial charge in [-0.15, -0.1) is 0 Å². The lowest BCUT2D eigenvalue weighted by atomic mass is 10.2. The molecule has 0 spiro atoms. The molecule has 0 amide bonds. The zero-order valence-corrected chi connectivity index (χ0v) is 8.88. The topological polar surface area (TPSA) is 20.3 Å². The number of ketones is 1. The van der Waals surface area contributed by atoms with Gasteiger partial charge in [0.1, 0.15) is 5.78 Å². The zero-order chi connectivity index (χ0) is 9.68. The molecule has 1 aliphatic rings. The Hall–Kier alpha value is -0.370. The first-order chi connectivity index (χ1) is 6.26. The molecule has 0 saturated heterocycles. The van der Waals surface area contributed by atoms with E-state index in [0.717, 1.165) is 25.4 Å². The van der Waals surface area contributed by atoms with E-state index in [1.54, 1.807) is 0 Å². The average Bonchev–Trinajstić information content (AvgIpc) is 2.88. The maximum atomic E-state index is 11.3. The highest BCUT2D eigenvalue weighted by atomic mass is 16.1. The van der Waals surface area contributed by atoms with Gasteiger partial charge in [-0.1, -0.05) is 13.8 Å². The van der Waals surface area contributed by atoms with E-state index < -0.39 is 0 Å². The molecular weight excluding hydrogens is 162 g/mol. The smallest absolute Gasteiger partial charge is 0.146 e. The van der Waals surface area contributed by atoms with Crippen LogP contribution in [0.5, 0.6) is 0 Å². The Morgan fingerprint density at radius 2 is 2.08 bits per heavy atom. The lowest BCUT2D eigenvalue weighted by Gasteiger charge is -2.20. The van der Waals surface area contributed by atoms with Crippen LogP contribution in [0.3, 0.4) is 0 Å². The molecule has 0 unspecified atom stereocenters. The molecule has 0 aromatic carbocycles. The van der Waals surface area contributed by atoms with Crippen LogP contribution in [0, 0.1) is 5.92 Å². The molecule has 0 aliphatic heterocycles. The maximum absolute atomic E-state index is 11.3. The second-order valence-electron chi connectivity index (χ2n) is 4.07. The predicted octanol–water partition coefficient (Wildman–Crippen LogP) is 2.09. The quantitative estimate of drug-likeness (QED) is 0.602. The van der Waals surface area contributed by atoms with Crippen LogP contribution in [-0.4, -0.2) is 30.3 Å². The molecule has 0 N–H and O–H groups in total. The highest BCUT2D eigenvalue weighted by Gasteiger charge is 2.24. The standard InChI is InChI=1S/C11H21NO/c1-3-7-12(8-10-5-6-10)9-11(13)4-2/h10H,3-9H2,1-2H3. The fraction of sp³-hybridized carbons (Fsp3) is 0.909.